The average molecular weight is 170 g/mol. The highest BCUT2D eigenvalue weighted by Gasteiger charge is 2.34. The van der Waals surface area contributed by atoms with Gasteiger partial charge in [0.1, 0.15) is 0 Å². The van der Waals surface area contributed by atoms with Gasteiger partial charge >= 0.3 is 0 Å². The van der Waals surface area contributed by atoms with Gasteiger partial charge in [-0.25, -0.2) is 0 Å². The Bertz CT molecular complexity index is 165. The molecule has 68 valence electrons. The normalized spacial score (nSPS) is 20.7. The van der Waals surface area contributed by atoms with Crippen LogP contribution < -0.4 is 0 Å². The number of ether oxygens (including phenoxy) is 2. The molecule has 0 aromatic heterocycles. The average Bonchev–Trinajstić information content (AvgIpc) is 2.51. The van der Waals surface area contributed by atoms with E-state index in [1.54, 1.807) is 0 Å². The Kier molecular flexibility index (Phi) is 3.54. The summed E-state index contributed by atoms with van der Waals surface area (Å²) in [7, 11) is 0. The fraction of sp³-hybridized carbons (Fsp3) is 0.778. The first-order valence-corrected chi connectivity index (χ1v) is 4.15. The van der Waals surface area contributed by atoms with Crippen molar-refractivity contribution in [2.75, 3.05) is 19.8 Å². The molecule has 3 heteroatoms. The maximum Gasteiger partial charge on any atom is 0.171 e. The van der Waals surface area contributed by atoms with E-state index in [-0.39, 0.29) is 6.61 Å². The molecule has 0 radical (unpaired) electrons. The van der Waals surface area contributed by atoms with Gasteiger partial charge in [0.15, 0.2) is 5.79 Å². The predicted molar refractivity (Wildman–Crippen MR) is 44.4 cm³/mol. The van der Waals surface area contributed by atoms with Gasteiger partial charge in [0.25, 0.3) is 0 Å². The van der Waals surface area contributed by atoms with E-state index < -0.39 is 5.79 Å². The fourth-order valence-corrected chi connectivity index (χ4v) is 1.34. The largest absolute Gasteiger partial charge is 0.396 e. The lowest BCUT2D eigenvalue weighted by molar-refractivity contribution is -0.170. The topological polar surface area (TPSA) is 38.7 Å². The van der Waals surface area contributed by atoms with Gasteiger partial charge in [0, 0.05) is 25.9 Å². The number of rotatable bonds is 4. The van der Waals surface area contributed by atoms with Crippen molar-refractivity contribution in [3.05, 3.63) is 0 Å². The van der Waals surface area contributed by atoms with E-state index in [1.165, 1.54) is 0 Å². The number of hydrogen-bond donors (Lipinski definition) is 1. The second-order valence-electron chi connectivity index (χ2n) is 2.79. The molecule has 1 N–H and O–H groups in total. The molecular formula is C9H14O3. The van der Waals surface area contributed by atoms with Crippen LogP contribution in [0.2, 0.25) is 0 Å². The van der Waals surface area contributed by atoms with Gasteiger partial charge in [-0.2, -0.15) is 0 Å². The maximum atomic E-state index is 8.78. The van der Waals surface area contributed by atoms with Gasteiger partial charge in [-0.3, -0.25) is 0 Å². The lowest BCUT2D eigenvalue weighted by atomic mass is 10.1. The van der Waals surface area contributed by atoms with Crippen LogP contribution in [0.25, 0.3) is 0 Å². The first-order valence-electron chi connectivity index (χ1n) is 4.15. The highest BCUT2D eigenvalue weighted by Crippen LogP contribution is 2.27. The Hall–Kier alpha value is -0.560. The van der Waals surface area contributed by atoms with Crippen LogP contribution in [-0.4, -0.2) is 30.7 Å². The van der Waals surface area contributed by atoms with Crippen LogP contribution in [0.15, 0.2) is 0 Å². The minimum absolute atomic E-state index is 0.0740. The van der Waals surface area contributed by atoms with Crippen LogP contribution in [0.1, 0.15) is 19.3 Å². The minimum Gasteiger partial charge on any atom is -0.396 e. The van der Waals surface area contributed by atoms with Crippen molar-refractivity contribution < 1.29 is 14.6 Å². The Morgan fingerprint density at radius 3 is 2.50 bits per heavy atom. The van der Waals surface area contributed by atoms with Crippen LogP contribution in [-0.2, 0) is 9.47 Å². The number of aliphatic hydroxyl groups excluding tert-OH is 1. The van der Waals surface area contributed by atoms with Crippen molar-refractivity contribution >= 4 is 0 Å². The predicted octanol–water partition coefficient (Wildman–Crippen LogP) is 0.525. The highest BCUT2D eigenvalue weighted by atomic mass is 16.7. The summed E-state index contributed by atoms with van der Waals surface area (Å²) >= 11 is 0. The summed E-state index contributed by atoms with van der Waals surface area (Å²) in [5.41, 5.74) is 0. The van der Waals surface area contributed by atoms with Crippen molar-refractivity contribution in [2.24, 2.45) is 0 Å². The molecule has 0 saturated carbocycles. The molecular weight excluding hydrogens is 156 g/mol. The number of terminal acetylenes is 1. The molecule has 3 nitrogen and oxygen atoms in total. The van der Waals surface area contributed by atoms with Crippen LogP contribution in [0.4, 0.5) is 0 Å². The highest BCUT2D eigenvalue weighted by molar-refractivity contribution is 4.87. The minimum atomic E-state index is -0.596. The SMILES string of the molecule is C#CCCC1(CCO)OCCO1. The third kappa shape index (κ3) is 2.21. The molecule has 0 bridgehead atoms. The molecule has 1 saturated heterocycles. The van der Waals surface area contributed by atoms with Gasteiger partial charge in [-0.15, -0.1) is 12.3 Å². The molecule has 1 rings (SSSR count). The van der Waals surface area contributed by atoms with Gasteiger partial charge < -0.3 is 14.6 Å². The summed E-state index contributed by atoms with van der Waals surface area (Å²) in [6, 6.07) is 0. The van der Waals surface area contributed by atoms with Crippen molar-refractivity contribution in [1.29, 1.82) is 0 Å². The zero-order valence-electron chi connectivity index (χ0n) is 7.08. The second kappa shape index (κ2) is 4.46. The quantitative estimate of drug-likeness (QED) is 0.625. The summed E-state index contributed by atoms with van der Waals surface area (Å²) in [6.07, 6.45) is 6.94. The van der Waals surface area contributed by atoms with Gasteiger partial charge in [0.2, 0.25) is 0 Å². The van der Waals surface area contributed by atoms with E-state index in [1.807, 2.05) is 0 Å². The van der Waals surface area contributed by atoms with Gasteiger partial charge in [-0.1, -0.05) is 0 Å². The first-order chi connectivity index (χ1) is 5.83. The summed E-state index contributed by atoms with van der Waals surface area (Å²) in [6.45, 7) is 1.28. The van der Waals surface area contributed by atoms with Crippen molar-refractivity contribution in [3.63, 3.8) is 0 Å². The summed E-state index contributed by atoms with van der Waals surface area (Å²) < 4.78 is 10.8. The number of aliphatic hydroxyl groups is 1. The molecule has 0 aliphatic carbocycles. The van der Waals surface area contributed by atoms with Gasteiger partial charge in [-0.05, 0) is 0 Å². The molecule has 1 aliphatic heterocycles. The molecule has 1 heterocycles. The lowest BCUT2D eigenvalue weighted by Gasteiger charge is -2.25. The molecule has 12 heavy (non-hydrogen) atoms. The second-order valence-corrected chi connectivity index (χ2v) is 2.79. The Morgan fingerprint density at radius 2 is 2.00 bits per heavy atom. The Balaban J connectivity index is 2.42. The lowest BCUT2D eigenvalue weighted by Crippen LogP contribution is -2.31. The number of hydrogen-bond acceptors (Lipinski definition) is 3. The van der Waals surface area contributed by atoms with E-state index in [0.717, 1.165) is 0 Å². The van der Waals surface area contributed by atoms with Crippen LogP contribution in [0, 0.1) is 12.3 Å². The van der Waals surface area contributed by atoms with E-state index in [4.69, 9.17) is 21.0 Å². The summed E-state index contributed by atoms with van der Waals surface area (Å²) in [4.78, 5) is 0. The summed E-state index contributed by atoms with van der Waals surface area (Å²) in [5.74, 6) is 1.94. The smallest absolute Gasteiger partial charge is 0.171 e. The van der Waals surface area contributed by atoms with Crippen molar-refractivity contribution in [3.8, 4) is 12.3 Å². The van der Waals surface area contributed by atoms with E-state index >= 15 is 0 Å². The monoisotopic (exact) mass is 170 g/mol. The molecule has 0 amide bonds. The van der Waals surface area contributed by atoms with E-state index in [0.29, 0.717) is 32.5 Å². The molecule has 0 aromatic carbocycles. The van der Waals surface area contributed by atoms with Crippen LogP contribution >= 0.6 is 0 Å². The van der Waals surface area contributed by atoms with E-state index in [2.05, 4.69) is 5.92 Å². The first kappa shape index (κ1) is 9.53. The third-order valence-corrected chi connectivity index (χ3v) is 1.96. The van der Waals surface area contributed by atoms with Crippen LogP contribution in [0.3, 0.4) is 0 Å². The standard InChI is InChI=1S/C9H14O3/c1-2-3-4-9(5-6-10)11-7-8-12-9/h1,10H,3-8H2. The summed E-state index contributed by atoms with van der Waals surface area (Å²) in [5, 5.41) is 8.78. The molecule has 1 fully saturated rings. The zero-order chi connectivity index (χ0) is 8.86. The third-order valence-electron chi connectivity index (χ3n) is 1.96. The van der Waals surface area contributed by atoms with Crippen molar-refractivity contribution in [1.82, 2.24) is 0 Å². The molecule has 1 aliphatic rings. The molecule has 0 spiro atoms. The molecule has 0 atom stereocenters. The Labute approximate surface area is 72.7 Å². The fourth-order valence-electron chi connectivity index (χ4n) is 1.34. The Morgan fingerprint density at radius 1 is 1.33 bits per heavy atom. The van der Waals surface area contributed by atoms with Crippen LogP contribution in [0.5, 0.6) is 0 Å². The molecule has 0 unspecified atom stereocenters. The maximum absolute atomic E-state index is 8.78. The van der Waals surface area contributed by atoms with Crippen molar-refractivity contribution in [2.45, 2.75) is 25.0 Å². The van der Waals surface area contributed by atoms with E-state index in [9.17, 15) is 0 Å². The zero-order valence-corrected chi connectivity index (χ0v) is 7.08. The van der Waals surface area contributed by atoms with Gasteiger partial charge in [0.05, 0.1) is 13.2 Å². The molecule has 0 aromatic rings.